The number of hydrogen-bond acceptors (Lipinski definition) is 5. The van der Waals surface area contributed by atoms with Gasteiger partial charge in [0, 0.05) is 22.7 Å². The summed E-state index contributed by atoms with van der Waals surface area (Å²) in [6.45, 7) is 0.213. The molecule has 6 nitrogen and oxygen atoms in total. The molecule has 0 aliphatic rings. The molecule has 126 valence electrons. The summed E-state index contributed by atoms with van der Waals surface area (Å²) in [4.78, 5) is 35.8. The topological polar surface area (TPSA) is 84.5 Å². The summed E-state index contributed by atoms with van der Waals surface area (Å²) in [7, 11) is 1.30. The first kappa shape index (κ1) is 17.7. The Hall–Kier alpha value is -2.67. The summed E-state index contributed by atoms with van der Waals surface area (Å²) in [5.74, 6) is -0.762. The minimum atomic E-state index is -0.376. The summed E-state index contributed by atoms with van der Waals surface area (Å²) >= 11 is 1.53. The monoisotopic (exact) mass is 346 g/mol. The van der Waals surface area contributed by atoms with Crippen molar-refractivity contribution < 1.29 is 19.1 Å². The molecule has 7 heteroatoms. The second kappa shape index (κ2) is 8.83. The van der Waals surface area contributed by atoms with Crippen LogP contribution in [0, 0.1) is 0 Å². The van der Waals surface area contributed by atoms with Crippen LogP contribution in [-0.2, 0) is 20.7 Å². The molecule has 2 N–H and O–H groups in total. The van der Waals surface area contributed by atoms with Crippen LogP contribution < -0.4 is 10.6 Å². The Morgan fingerprint density at radius 3 is 2.50 bits per heavy atom. The van der Waals surface area contributed by atoms with Crippen molar-refractivity contribution in [2.75, 3.05) is 19.0 Å². The Balaban J connectivity index is 1.82. The fraction of sp³-hybridized carbons (Fsp3) is 0.235. The fourth-order valence-corrected chi connectivity index (χ4v) is 2.67. The number of esters is 1. The zero-order valence-electron chi connectivity index (χ0n) is 13.2. The van der Waals surface area contributed by atoms with E-state index in [1.165, 1.54) is 18.4 Å². The van der Waals surface area contributed by atoms with Gasteiger partial charge in [0.05, 0.1) is 20.0 Å². The number of ether oxygens (including phenoxy) is 1. The molecule has 0 saturated heterocycles. The van der Waals surface area contributed by atoms with E-state index in [0.29, 0.717) is 17.7 Å². The third kappa shape index (κ3) is 5.51. The lowest BCUT2D eigenvalue weighted by molar-refractivity contribution is -0.140. The summed E-state index contributed by atoms with van der Waals surface area (Å²) < 4.78 is 4.50. The number of anilines is 1. The van der Waals surface area contributed by atoms with Gasteiger partial charge < -0.3 is 15.4 Å². The number of benzene rings is 1. The van der Waals surface area contributed by atoms with Gasteiger partial charge in [-0.2, -0.15) is 0 Å². The van der Waals surface area contributed by atoms with E-state index in [0.717, 1.165) is 4.88 Å². The molecule has 0 unspecified atom stereocenters. The first-order chi connectivity index (χ1) is 11.6. The molecule has 0 atom stereocenters. The minimum Gasteiger partial charge on any atom is -0.469 e. The van der Waals surface area contributed by atoms with Crippen LogP contribution in [0.1, 0.15) is 21.7 Å². The zero-order valence-corrected chi connectivity index (χ0v) is 14.0. The largest absolute Gasteiger partial charge is 0.469 e. The molecule has 2 aromatic rings. The van der Waals surface area contributed by atoms with Crippen LogP contribution in [-0.4, -0.2) is 31.4 Å². The van der Waals surface area contributed by atoms with Crippen LogP contribution in [0.4, 0.5) is 5.69 Å². The van der Waals surface area contributed by atoms with Gasteiger partial charge >= 0.3 is 5.97 Å². The van der Waals surface area contributed by atoms with Crippen molar-refractivity contribution >= 4 is 34.8 Å². The lowest BCUT2D eigenvalue weighted by Gasteiger charge is -2.07. The molecule has 24 heavy (non-hydrogen) atoms. The van der Waals surface area contributed by atoms with Crippen molar-refractivity contribution in [3.8, 4) is 0 Å². The van der Waals surface area contributed by atoms with E-state index in [9.17, 15) is 14.4 Å². The van der Waals surface area contributed by atoms with E-state index in [2.05, 4.69) is 15.4 Å². The number of carbonyl (C=O) groups is 3. The molecule has 2 amide bonds. The van der Waals surface area contributed by atoms with Gasteiger partial charge in [-0.15, -0.1) is 11.3 Å². The van der Waals surface area contributed by atoms with Gasteiger partial charge in [-0.25, -0.2) is 0 Å². The molecule has 0 bridgehead atoms. The van der Waals surface area contributed by atoms with Crippen LogP contribution in [0.15, 0.2) is 41.8 Å². The third-order valence-electron chi connectivity index (χ3n) is 3.19. The molecule has 0 radical (unpaired) electrons. The van der Waals surface area contributed by atoms with Gasteiger partial charge in [0.25, 0.3) is 5.91 Å². The zero-order chi connectivity index (χ0) is 17.4. The Kier molecular flexibility index (Phi) is 6.51. The maximum Gasteiger partial charge on any atom is 0.307 e. The van der Waals surface area contributed by atoms with Gasteiger partial charge in [0.1, 0.15) is 0 Å². The van der Waals surface area contributed by atoms with Gasteiger partial charge in [0.15, 0.2) is 0 Å². The summed E-state index contributed by atoms with van der Waals surface area (Å²) in [5, 5.41) is 7.34. The third-order valence-corrected chi connectivity index (χ3v) is 4.06. The molecule has 0 saturated carbocycles. The first-order valence-corrected chi connectivity index (χ1v) is 8.24. The summed E-state index contributed by atoms with van der Waals surface area (Å²) in [6.07, 6.45) is 0.451. The highest BCUT2D eigenvalue weighted by molar-refractivity contribution is 7.10. The number of nitrogens with one attached hydrogen (secondary N) is 2. The number of thiophene rings is 1. The van der Waals surface area contributed by atoms with Crippen LogP contribution in [0.5, 0.6) is 0 Å². The Morgan fingerprint density at radius 1 is 1.12 bits per heavy atom. The second-order valence-corrected chi connectivity index (χ2v) is 6.00. The highest BCUT2D eigenvalue weighted by atomic mass is 32.1. The molecule has 1 aromatic carbocycles. The number of amides is 2. The molecule has 0 spiro atoms. The number of hydrogen-bond donors (Lipinski definition) is 2. The molecule has 2 rings (SSSR count). The van der Waals surface area contributed by atoms with Crippen LogP contribution in [0.2, 0.25) is 0 Å². The van der Waals surface area contributed by atoms with Gasteiger partial charge in [-0.1, -0.05) is 6.07 Å². The van der Waals surface area contributed by atoms with Crippen LogP contribution >= 0.6 is 11.3 Å². The molecular formula is C17H18N2O4S. The van der Waals surface area contributed by atoms with Crippen LogP contribution in [0.25, 0.3) is 0 Å². The first-order valence-electron chi connectivity index (χ1n) is 7.36. The standard InChI is InChI=1S/C17H18N2O4S/c1-23-16(21)8-9-18-17(22)12-4-6-13(7-5-12)19-15(20)11-14-3-2-10-24-14/h2-7,10H,8-9,11H2,1H3,(H,18,22)(H,19,20). The number of rotatable bonds is 7. The molecule has 0 fully saturated rings. The highest BCUT2D eigenvalue weighted by Gasteiger charge is 2.08. The van der Waals surface area contributed by atoms with E-state index in [-0.39, 0.29) is 30.7 Å². The average Bonchev–Trinajstić information content (AvgIpc) is 3.08. The van der Waals surface area contributed by atoms with E-state index in [1.54, 1.807) is 24.3 Å². The Morgan fingerprint density at radius 2 is 1.88 bits per heavy atom. The Labute approximate surface area is 143 Å². The van der Waals surface area contributed by atoms with E-state index >= 15 is 0 Å². The average molecular weight is 346 g/mol. The minimum absolute atomic E-state index is 0.104. The number of methoxy groups -OCH3 is 1. The fourth-order valence-electron chi connectivity index (χ4n) is 1.96. The summed E-state index contributed by atoms with van der Waals surface area (Å²) in [5.41, 5.74) is 1.08. The van der Waals surface area contributed by atoms with E-state index in [4.69, 9.17) is 0 Å². The van der Waals surface area contributed by atoms with Crippen molar-refractivity contribution in [3.05, 3.63) is 52.2 Å². The maximum absolute atomic E-state index is 11.9. The normalized spacial score (nSPS) is 10.0. The molecule has 0 aliphatic heterocycles. The smallest absolute Gasteiger partial charge is 0.307 e. The molecule has 1 aromatic heterocycles. The van der Waals surface area contributed by atoms with Gasteiger partial charge in [-0.05, 0) is 35.7 Å². The predicted octanol–water partition coefficient (Wildman–Crippen LogP) is 2.22. The van der Waals surface area contributed by atoms with Gasteiger partial charge in [0.2, 0.25) is 5.91 Å². The van der Waals surface area contributed by atoms with Crippen molar-refractivity contribution in [2.24, 2.45) is 0 Å². The van der Waals surface area contributed by atoms with Gasteiger partial charge in [-0.3, -0.25) is 14.4 Å². The van der Waals surface area contributed by atoms with Crippen molar-refractivity contribution in [1.29, 1.82) is 0 Å². The van der Waals surface area contributed by atoms with Crippen molar-refractivity contribution in [3.63, 3.8) is 0 Å². The molecular weight excluding hydrogens is 328 g/mol. The maximum atomic E-state index is 11.9. The van der Waals surface area contributed by atoms with E-state index in [1.807, 2.05) is 17.5 Å². The second-order valence-electron chi connectivity index (χ2n) is 4.96. The lowest BCUT2D eigenvalue weighted by atomic mass is 10.2. The van der Waals surface area contributed by atoms with E-state index < -0.39 is 0 Å². The molecule has 1 heterocycles. The number of carbonyl (C=O) groups excluding carboxylic acids is 3. The Bertz CT molecular complexity index is 696. The molecule has 0 aliphatic carbocycles. The lowest BCUT2D eigenvalue weighted by Crippen LogP contribution is -2.26. The SMILES string of the molecule is COC(=O)CCNC(=O)c1ccc(NC(=O)Cc2cccs2)cc1. The van der Waals surface area contributed by atoms with Crippen molar-refractivity contribution in [1.82, 2.24) is 5.32 Å². The van der Waals surface area contributed by atoms with Crippen molar-refractivity contribution in [2.45, 2.75) is 12.8 Å². The predicted molar refractivity (Wildman–Crippen MR) is 92.1 cm³/mol. The van der Waals surface area contributed by atoms with Crippen LogP contribution in [0.3, 0.4) is 0 Å². The summed E-state index contributed by atoms with van der Waals surface area (Å²) in [6, 6.07) is 10.4. The quantitative estimate of drug-likeness (QED) is 0.753. The highest BCUT2D eigenvalue weighted by Crippen LogP contribution is 2.13.